The fourth-order valence-corrected chi connectivity index (χ4v) is 3.00. The Labute approximate surface area is 155 Å². The topological polar surface area (TPSA) is 97.6 Å². The van der Waals surface area contributed by atoms with Gasteiger partial charge >= 0.3 is 0 Å². The van der Waals surface area contributed by atoms with Crippen molar-refractivity contribution >= 4 is 28.6 Å². The van der Waals surface area contributed by atoms with Crippen LogP contribution in [0.3, 0.4) is 0 Å². The van der Waals surface area contributed by atoms with Crippen LogP contribution in [0.1, 0.15) is 0 Å². The molecule has 8 heteroatoms. The monoisotopic (exact) mass is 368 g/mol. The van der Waals surface area contributed by atoms with Crippen LogP contribution < -0.4 is 20.1 Å². The number of carbonyl (C=O) groups excluding carboxylic acids is 1. The highest BCUT2D eigenvalue weighted by Crippen LogP contribution is 2.32. The molecule has 140 valence electrons. The van der Waals surface area contributed by atoms with E-state index in [0.717, 1.165) is 11.0 Å². The maximum absolute atomic E-state index is 12.6. The second kappa shape index (κ2) is 7.55. The number of fused-ring (bicyclic) bond motifs is 2. The van der Waals surface area contributed by atoms with E-state index in [-0.39, 0.29) is 19.1 Å². The molecule has 0 radical (unpaired) electrons. The van der Waals surface area contributed by atoms with Crippen LogP contribution in [-0.4, -0.2) is 46.9 Å². The molecule has 1 amide bonds. The van der Waals surface area contributed by atoms with Gasteiger partial charge in [-0.1, -0.05) is 12.1 Å². The predicted octanol–water partition coefficient (Wildman–Crippen LogP) is 1.85. The largest absolute Gasteiger partial charge is 0.486 e. The number of aliphatic hydroxyl groups excluding tert-OH is 1. The van der Waals surface area contributed by atoms with Crippen LogP contribution in [0.2, 0.25) is 0 Å². The van der Waals surface area contributed by atoms with Crippen molar-refractivity contribution in [2.24, 2.45) is 0 Å². The minimum Gasteiger partial charge on any atom is -0.486 e. The van der Waals surface area contributed by atoms with Crippen LogP contribution >= 0.6 is 0 Å². The zero-order chi connectivity index (χ0) is 18.6. The number of nitrogens with one attached hydrogen (secondary N) is 2. The number of hydrogen-bond donors (Lipinski definition) is 3. The van der Waals surface area contributed by atoms with E-state index in [1.54, 1.807) is 22.8 Å². The Hall–Kier alpha value is -3.26. The number of para-hydroxylation sites is 2. The van der Waals surface area contributed by atoms with Gasteiger partial charge in [-0.15, -0.1) is 0 Å². The van der Waals surface area contributed by atoms with Crippen molar-refractivity contribution in [2.75, 3.05) is 37.0 Å². The van der Waals surface area contributed by atoms with Gasteiger partial charge in [0.15, 0.2) is 11.5 Å². The van der Waals surface area contributed by atoms with E-state index in [9.17, 15) is 4.79 Å². The van der Waals surface area contributed by atoms with Gasteiger partial charge in [0.1, 0.15) is 19.8 Å². The summed E-state index contributed by atoms with van der Waals surface area (Å²) in [5.74, 6) is 1.65. The van der Waals surface area contributed by atoms with Crippen molar-refractivity contribution < 1.29 is 19.4 Å². The molecule has 0 bridgehead atoms. The van der Waals surface area contributed by atoms with Crippen LogP contribution in [0.15, 0.2) is 42.5 Å². The number of ether oxygens (including phenoxy) is 2. The zero-order valence-corrected chi connectivity index (χ0v) is 14.6. The molecule has 0 unspecified atom stereocenters. The Bertz CT molecular complexity index is 969. The Morgan fingerprint density at radius 2 is 1.96 bits per heavy atom. The molecular formula is C19H20N4O4. The van der Waals surface area contributed by atoms with Gasteiger partial charge in [0.05, 0.1) is 17.6 Å². The number of nitrogens with zero attached hydrogens (tertiary/aromatic N) is 2. The normalized spacial score (nSPS) is 12.8. The van der Waals surface area contributed by atoms with Gasteiger partial charge in [0.25, 0.3) is 0 Å². The van der Waals surface area contributed by atoms with Crippen LogP contribution in [0.5, 0.6) is 11.5 Å². The quantitative estimate of drug-likeness (QED) is 0.614. The summed E-state index contributed by atoms with van der Waals surface area (Å²) in [4.78, 5) is 17.1. The number of carbonyl (C=O) groups is 1. The van der Waals surface area contributed by atoms with Crippen molar-refractivity contribution in [1.82, 2.24) is 9.55 Å². The zero-order valence-electron chi connectivity index (χ0n) is 14.6. The summed E-state index contributed by atoms with van der Waals surface area (Å²) in [5.41, 5.74) is 2.26. The summed E-state index contributed by atoms with van der Waals surface area (Å²) in [7, 11) is 0. The van der Waals surface area contributed by atoms with E-state index in [4.69, 9.17) is 14.6 Å². The molecular weight excluding hydrogens is 348 g/mol. The first-order valence-electron chi connectivity index (χ1n) is 8.74. The first-order valence-corrected chi connectivity index (χ1v) is 8.74. The third-order valence-electron chi connectivity index (χ3n) is 4.18. The minimum atomic E-state index is -0.193. The van der Waals surface area contributed by atoms with E-state index in [1.807, 2.05) is 24.3 Å². The molecule has 2 aromatic carbocycles. The number of imidazole rings is 1. The lowest BCUT2D eigenvalue weighted by Gasteiger charge is -2.19. The maximum atomic E-state index is 12.6. The molecule has 0 aliphatic carbocycles. The molecule has 3 N–H and O–H groups in total. The number of anilines is 2. The smallest absolute Gasteiger partial charge is 0.244 e. The van der Waals surface area contributed by atoms with Crippen molar-refractivity contribution in [3.05, 3.63) is 42.5 Å². The lowest BCUT2D eigenvalue weighted by Crippen LogP contribution is -2.21. The number of hydrogen-bond acceptors (Lipinski definition) is 6. The average molecular weight is 368 g/mol. The van der Waals surface area contributed by atoms with Crippen molar-refractivity contribution in [1.29, 1.82) is 0 Å². The number of benzene rings is 2. The number of aromatic nitrogens is 2. The first-order chi connectivity index (χ1) is 13.2. The molecule has 1 aliphatic rings. The molecule has 3 aromatic rings. The third-order valence-corrected chi connectivity index (χ3v) is 4.18. The van der Waals surface area contributed by atoms with E-state index in [1.165, 1.54) is 0 Å². The van der Waals surface area contributed by atoms with Gasteiger partial charge in [-0.25, -0.2) is 4.98 Å². The molecule has 8 nitrogen and oxygen atoms in total. The second-order valence-corrected chi connectivity index (χ2v) is 6.07. The molecule has 0 saturated carbocycles. The SMILES string of the molecule is O=C(Cn1c(NCCO)nc2ccccc21)Nc1ccc2c(c1)OCCO2. The minimum absolute atomic E-state index is 0.0212. The highest BCUT2D eigenvalue weighted by atomic mass is 16.6. The lowest BCUT2D eigenvalue weighted by atomic mass is 10.2. The van der Waals surface area contributed by atoms with Gasteiger partial charge in [-0.2, -0.15) is 0 Å². The molecule has 0 spiro atoms. The van der Waals surface area contributed by atoms with Crippen LogP contribution in [0, 0.1) is 0 Å². The molecule has 2 heterocycles. The van der Waals surface area contributed by atoms with Crippen LogP contribution in [0.4, 0.5) is 11.6 Å². The lowest BCUT2D eigenvalue weighted by molar-refractivity contribution is -0.116. The standard InChI is InChI=1S/C19H20N4O4/c24-8-7-20-19-22-14-3-1-2-4-15(14)23(19)12-18(25)21-13-5-6-16-17(11-13)27-10-9-26-16/h1-6,11,24H,7-10,12H2,(H,20,22)(H,21,25). The Kier molecular flexibility index (Phi) is 4.80. The third kappa shape index (κ3) is 3.65. The van der Waals surface area contributed by atoms with E-state index >= 15 is 0 Å². The average Bonchev–Trinajstić information content (AvgIpc) is 3.03. The fraction of sp³-hybridized carbons (Fsp3) is 0.263. The van der Waals surface area contributed by atoms with Gasteiger partial charge in [-0.3, -0.25) is 4.79 Å². The number of amides is 1. The summed E-state index contributed by atoms with van der Waals surface area (Å²) < 4.78 is 12.8. The molecule has 1 aliphatic heterocycles. The molecule has 0 saturated heterocycles. The fourth-order valence-electron chi connectivity index (χ4n) is 3.00. The Morgan fingerprint density at radius 3 is 2.81 bits per heavy atom. The molecule has 0 atom stereocenters. The highest BCUT2D eigenvalue weighted by molar-refractivity contribution is 5.92. The highest BCUT2D eigenvalue weighted by Gasteiger charge is 2.15. The summed E-state index contributed by atoms with van der Waals surface area (Å²) in [6, 6.07) is 12.9. The van der Waals surface area contributed by atoms with Crippen molar-refractivity contribution in [3.63, 3.8) is 0 Å². The summed E-state index contributed by atoms with van der Waals surface area (Å²) in [6.45, 7) is 1.43. The number of aliphatic hydroxyl groups is 1. The van der Waals surface area contributed by atoms with Crippen LogP contribution in [-0.2, 0) is 11.3 Å². The Morgan fingerprint density at radius 1 is 1.15 bits per heavy atom. The van der Waals surface area contributed by atoms with Gasteiger partial charge < -0.3 is 29.8 Å². The number of rotatable bonds is 6. The maximum Gasteiger partial charge on any atom is 0.244 e. The molecule has 0 fully saturated rings. The summed E-state index contributed by atoms with van der Waals surface area (Å²) in [5, 5.41) is 15.0. The van der Waals surface area contributed by atoms with Crippen molar-refractivity contribution in [3.8, 4) is 11.5 Å². The van der Waals surface area contributed by atoms with Gasteiger partial charge in [0, 0.05) is 18.3 Å². The van der Waals surface area contributed by atoms with Gasteiger partial charge in [-0.05, 0) is 24.3 Å². The predicted molar refractivity (Wildman–Crippen MR) is 101 cm³/mol. The molecule has 1 aromatic heterocycles. The summed E-state index contributed by atoms with van der Waals surface area (Å²) >= 11 is 0. The van der Waals surface area contributed by atoms with E-state index in [0.29, 0.717) is 42.9 Å². The molecule has 27 heavy (non-hydrogen) atoms. The Balaban J connectivity index is 1.54. The van der Waals surface area contributed by atoms with E-state index in [2.05, 4.69) is 15.6 Å². The summed E-state index contributed by atoms with van der Waals surface area (Å²) in [6.07, 6.45) is 0. The van der Waals surface area contributed by atoms with E-state index < -0.39 is 0 Å². The molecule has 4 rings (SSSR count). The first kappa shape index (κ1) is 17.2. The van der Waals surface area contributed by atoms with Crippen LogP contribution in [0.25, 0.3) is 11.0 Å². The van der Waals surface area contributed by atoms with Gasteiger partial charge in [0.2, 0.25) is 11.9 Å². The van der Waals surface area contributed by atoms with Crippen molar-refractivity contribution in [2.45, 2.75) is 6.54 Å². The second-order valence-electron chi connectivity index (χ2n) is 6.07.